The number of likely N-dealkylation sites (tertiary alicyclic amines) is 1. The van der Waals surface area contributed by atoms with Crippen LogP contribution in [0.1, 0.15) is 49.7 Å². The van der Waals surface area contributed by atoms with Crippen molar-refractivity contribution in [3.05, 3.63) is 59.7 Å². The molecular weight excluding hydrogens is 448 g/mol. The van der Waals surface area contributed by atoms with Crippen molar-refractivity contribution in [1.82, 2.24) is 10.2 Å². The Balaban J connectivity index is 1.46. The van der Waals surface area contributed by atoms with Crippen molar-refractivity contribution >= 4 is 18.0 Å². The second kappa shape index (κ2) is 10.5. The minimum atomic E-state index is -1.24. The highest BCUT2D eigenvalue weighted by molar-refractivity contribution is 5.92. The van der Waals surface area contributed by atoms with Gasteiger partial charge in [-0.05, 0) is 41.5 Å². The third-order valence-electron chi connectivity index (χ3n) is 7.28. The Kier molecular flexibility index (Phi) is 7.40. The molecule has 2 aliphatic rings. The van der Waals surface area contributed by atoms with Crippen LogP contribution in [0.5, 0.6) is 0 Å². The van der Waals surface area contributed by atoms with Crippen LogP contribution < -0.4 is 5.32 Å². The van der Waals surface area contributed by atoms with Crippen molar-refractivity contribution in [3.63, 3.8) is 0 Å². The summed E-state index contributed by atoms with van der Waals surface area (Å²) in [6.45, 7) is 2.47. The number of aliphatic carboxylic acids is 1. The van der Waals surface area contributed by atoms with E-state index in [0.717, 1.165) is 22.3 Å². The predicted octanol–water partition coefficient (Wildman–Crippen LogP) is 3.79. The first-order chi connectivity index (χ1) is 16.9. The number of hydrogen-bond donors (Lipinski definition) is 2. The number of hydrogen-bond acceptors (Lipinski definition) is 5. The molecule has 1 heterocycles. The zero-order valence-corrected chi connectivity index (χ0v) is 20.2. The average Bonchev–Trinajstić information content (AvgIpc) is 3.45. The molecular formula is C27H32N2O6. The van der Waals surface area contributed by atoms with E-state index in [9.17, 15) is 19.5 Å². The number of rotatable bonds is 9. The molecule has 0 radical (unpaired) electrons. The quantitative estimate of drug-likeness (QED) is 0.566. The van der Waals surface area contributed by atoms with Gasteiger partial charge >= 0.3 is 12.1 Å². The van der Waals surface area contributed by atoms with Gasteiger partial charge in [0.25, 0.3) is 0 Å². The highest BCUT2D eigenvalue weighted by Gasteiger charge is 2.50. The number of methoxy groups -OCH3 is 1. The third kappa shape index (κ3) is 4.62. The van der Waals surface area contributed by atoms with Crippen molar-refractivity contribution in [2.24, 2.45) is 0 Å². The fraction of sp³-hybridized carbons (Fsp3) is 0.444. The Hall–Kier alpha value is -3.39. The first-order valence-electron chi connectivity index (χ1n) is 12.1. The summed E-state index contributed by atoms with van der Waals surface area (Å²) in [5.41, 5.74) is 3.21. The SMILES string of the molecule is CCC1(C(=O)O)CCCN1C(=O)C(CCOC)NC(=O)OCC1c2ccccc2-c2ccccc21. The lowest BCUT2D eigenvalue weighted by Gasteiger charge is -2.36. The minimum absolute atomic E-state index is 0.0976. The number of amides is 2. The van der Waals surface area contributed by atoms with Crippen LogP contribution in [0.15, 0.2) is 48.5 Å². The zero-order chi connectivity index (χ0) is 25.0. The fourth-order valence-corrected chi connectivity index (χ4v) is 5.40. The molecule has 0 saturated carbocycles. The van der Waals surface area contributed by atoms with E-state index in [2.05, 4.69) is 17.4 Å². The molecule has 2 unspecified atom stereocenters. The summed E-state index contributed by atoms with van der Waals surface area (Å²) < 4.78 is 10.7. The first kappa shape index (κ1) is 24.7. The molecule has 2 aromatic carbocycles. The Morgan fingerprint density at radius 1 is 1.11 bits per heavy atom. The van der Waals surface area contributed by atoms with Crippen LogP contribution in [0, 0.1) is 0 Å². The topological polar surface area (TPSA) is 105 Å². The van der Waals surface area contributed by atoms with E-state index in [4.69, 9.17) is 9.47 Å². The Morgan fingerprint density at radius 2 is 1.74 bits per heavy atom. The van der Waals surface area contributed by atoms with Gasteiger partial charge in [-0.2, -0.15) is 0 Å². The van der Waals surface area contributed by atoms with E-state index >= 15 is 0 Å². The number of nitrogens with zero attached hydrogens (tertiary/aromatic N) is 1. The maximum atomic E-state index is 13.4. The molecule has 0 bridgehead atoms. The number of benzene rings is 2. The molecule has 2 N–H and O–H groups in total. The third-order valence-corrected chi connectivity index (χ3v) is 7.28. The summed E-state index contributed by atoms with van der Waals surface area (Å²) in [7, 11) is 1.51. The minimum Gasteiger partial charge on any atom is -0.479 e. The molecule has 8 heteroatoms. The summed E-state index contributed by atoms with van der Waals surface area (Å²) in [4.78, 5) is 39.7. The maximum Gasteiger partial charge on any atom is 0.407 e. The number of carbonyl (C=O) groups is 3. The average molecular weight is 481 g/mol. The summed E-state index contributed by atoms with van der Waals surface area (Å²) in [5.74, 6) is -1.53. The molecule has 0 spiro atoms. The maximum absolute atomic E-state index is 13.4. The number of ether oxygens (including phenoxy) is 2. The van der Waals surface area contributed by atoms with E-state index in [0.29, 0.717) is 25.8 Å². The summed E-state index contributed by atoms with van der Waals surface area (Å²) in [5, 5.41) is 12.5. The van der Waals surface area contributed by atoms with Crippen molar-refractivity contribution in [2.45, 2.75) is 50.1 Å². The molecule has 35 heavy (non-hydrogen) atoms. The van der Waals surface area contributed by atoms with Crippen molar-refractivity contribution in [3.8, 4) is 11.1 Å². The van der Waals surface area contributed by atoms with Crippen LogP contribution in [0.2, 0.25) is 0 Å². The Labute approximate surface area is 205 Å². The van der Waals surface area contributed by atoms with E-state index in [1.165, 1.54) is 12.0 Å². The molecule has 2 amide bonds. The van der Waals surface area contributed by atoms with Gasteiger partial charge in [-0.1, -0.05) is 55.5 Å². The molecule has 2 aromatic rings. The fourth-order valence-electron chi connectivity index (χ4n) is 5.40. The van der Waals surface area contributed by atoms with Gasteiger partial charge in [0.2, 0.25) is 5.91 Å². The number of nitrogens with one attached hydrogen (secondary N) is 1. The standard InChI is InChI=1S/C27H32N2O6/c1-3-27(25(31)32)14-8-15-29(27)24(30)23(13-16-34-2)28-26(33)35-17-22-20-11-6-4-9-18(20)19-10-5-7-12-21(19)22/h4-7,9-12,22-23H,3,8,13-17H2,1-2H3,(H,28,33)(H,31,32). The lowest BCUT2D eigenvalue weighted by molar-refractivity contribution is -0.157. The first-order valence-corrected chi connectivity index (χ1v) is 12.1. The molecule has 1 aliphatic heterocycles. The second-order valence-electron chi connectivity index (χ2n) is 9.09. The molecule has 4 rings (SSSR count). The van der Waals surface area contributed by atoms with E-state index in [1.54, 1.807) is 6.92 Å². The van der Waals surface area contributed by atoms with Gasteiger partial charge in [-0.25, -0.2) is 9.59 Å². The van der Waals surface area contributed by atoms with Gasteiger partial charge in [0.1, 0.15) is 18.2 Å². The van der Waals surface area contributed by atoms with Gasteiger partial charge in [-0.15, -0.1) is 0 Å². The highest BCUT2D eigenvalue weighted by Crippen LogP contribution is 2.44. The number of carbonyl (C=O) groups excluding carboxylic acids is 2. The molecule has 8 nitrogen and oxygen atoms in total. The van der Waals surface area contributed by atoms with E-state index < -0.39 is 29.6 Å². The molecule has 1 saturated heterocycles. The highest BCUT2D eigenvalue weighted by atomic mass is 16.5. The van der Waals surface area contributed by atoms with Gasteiger partial charge in [0, 0.05) is 32.6 Å². The largest absolute Gasteiger partial charge is 0.479 e. The van der Waals surface area contributed by atoms with Crippen LogP contribution in [0.3, 0.4) is 0 Å². The lowest BCUT2D eigenvalue weighted by atomic mass is 9.92. The van der Waals surface area contributed by atoms with Crippen LogP contribution in [-0.2, 0) is 19.1 Å². The summed E-state index contributed by atoms with van der Waals surface area (Å²) >= 11 is 0. The second-order valence-corrected chi connectivity index (χ2v) is 9.09. The van der Waals surface area contributed by atoms with Crippen LogP contribution in [0.4, 0.5) is 4.79 Å². The van der Waals surface area contributed by atoms with Crippen molar-refractivity contribution < 1.29 is 29.0 Å². The van der Waals surface area contributed by atoms with Crippen LogP contribution >= 0.6 is 0 Å². The number of alkyl carbamates (subject to hydrolysis) is 1. The lowest BCUT2D eigenvalue weighted by Crippen LogP contribution is -2.58. The predicted molar refractivity (Wildman–Crippen MR) is 130 cm³/mol. The normalized spacial score (nSPS) is 19.7. The molecule has 2 atom stereocenters. The van der Waals surface area contributed by atoms with Gasteiger partial charge in [-0.3, -0.25) is 4.79 Å². The number of carboxylic acid groups (broad SMARTS) is 1. The van der Waals surface area contributed by atoms with Crippen LogP contribution in [0.25, 0.3) is 11.1 Å². The molecule has 1 aliphatic carbocycles. The Morgan fingerprint density at radius 3 is 2.31 bits per heavy atom. The zero-order valence-electron chi connectivity index (χ0n) is 20.2. The molecule has 1 fully saturated rings. The number of fused-ring (bicyclic) bond motifs is 3. The smallest absolute Gasteiger partial charge is 0.407 e. The monoisotopic (exact) mass is 480 g/mol. The molecule has 186 valence electrons. The van der Waals surface area contributed by atoms with Crippen molar-refractivity contribution in [2.75, 3.05) is 26.9 Å². The number of carboxylic acids is 1. The van der Waals surface area contributed by atoms with Crippen molar-refractivity contribution in [1.29, 1.82) is 0 Å². The summed E-state index contributed by atoms with van der Waals surface area (Å²) in [6, 6.07) is 15.2. The summed E-state index contributed by atoms with van der Waals surface area (Å²) in [6.07, 6.45) is 0.809. The molecule has 0 aromatic heterocycles. The van der Waals surface area contributed by atoms with E-state index in [-0.39, 0.29) is 25.6 Å². The van der Waals surface area contributed by atoms with Crippen LogP contribution in [-0.4, -0.2) is 66.4 Å². The Bertz CT molecular complexity index is 1060. The van der Waals surface area contributed by atoms with Gasteiger partial charge in [0.15, 0.2) is 0 Å². The van der Waals surface area contributed by atoms with E-state index in [1.807, 2.05) is 36.4 Å². The van der Waals surface area contributed by atoms with Gasteiger partial charge in [0.05, 0.1) is 0 Å². The van der Waals surface area contributed by atoms with Gasteiger partial charge < -0.3 is 24.8 Å².